The van der Waals surface area contributed by atoms with E-state index in [-0.39, 0.29) is 5.78 Å². The average Bonchev–Trinajstić information content (AvgIpc) is 2.70. The van der Waals surface area contributed by atoms with Gasteiger partial charge in [0, 0.05) is 11.1 Å². The highest BCUT2D eigenvalue weighted by molar-refractivity contribution is 6.51. The summed E-state index contributed by atoms with van der Waals surface area (Å²) in [5.41, 5.74) is 1.13. The third-order valence-electron chi connectivity index (χ3n) is 5.88. The van der Waals surface area contributed by atoms with Gasteiger partial charge in [-0.1, -0.05) is 36.8 Å². The first-order chi connectivity index (χ1) is 12.9. The van der Waals surface area contributed by atoms with Gasteiger partial charge >= 0.3 is 0 Å². The van der Waals surface area contributed by atoms with Crippen LogP contribution in [0.15, 0.2) is 36.4 Å². The molecule has 1 aliphatic carbocycles. The molecule has 1 aliphatic heterocycles. The minimum Gasteiger partial charge on any atom is -0.292 e. The van der Waals surface area contributed by atoms with Gasteiger partial charge in [-0.3, -0.25) is 19.3 Å². The van der Waals surface area contributed by atoms with Crippen molar-refractivity contribution in [3.05, 3.63) is 53.1 Å². The van der Waals surface area contributed by atoms with E-state index in [2.05, 4.69) is 4.90 Å². The summed E-state index contributed by atoms with van der Waals surface area (Å²) in [5.74, 6) is -0.965. The van der Waals surface area contributed by atoms with Crippen molar-refractivity contribution in [3.8, 4) is 0 Å². The summed E-state index contributed by atoms with van der Waals surface area (Å²) >= 11 is 0. The van der Waals surface area contributed by atoms with Crippen molar-refractivity contribution in [1.29, 1.82) is 0 Å². The zero-order valence-corrected chi connectivity index (χ0v) is 15.7. The fourth-order valence-electron chi connectivity index (χ4n) is 4.18. The van der Waals surface area contributed by atoms with Crippen LogP contribution in [0.4, 0.5) is 0 Å². The minimum atomic E-state index is -0.595. The molecule has 138 valence electrons. The number of ketones is 3. The first-order valence-corrected chi connectivity index (χ1v) is 9.53. The zero-order chi connectivity index (χ0) is 19.2. The molecule has 0 radical (unpaired) electrons. The Morgan fingerprint density at radius 1 is 0.963 bits per heavy atom. The van der Waals surface area contributed by atoms with E-state index in [4.69, 9.17) is 0 Å². The molecular formula is C23H23NO3. The number of hydrogen-bond donors (Lipinski definition) is 0. The number of nitrogens with zero attached hydrogens (tertiary/aromatic N) is 1. The summed E-state index contributed by atoms with van der Waals surface area (Å²) in [6, 6.07) is 9.24. The normalized spacial score (nSPS) is 18.0. The van der Waals surface area contributed by atoms with Crippen LogP contribution in [0.1, 0.15) is 59.4 Å². The highest BCUT2D eigenvalue weighted by Gasteiger charge is 2.36. The lowest BCUT2D eigenvalue weighted by Gasteiger charge is -2.39. The highest BCUT2D eigenvalue weighted by atomic mass is 16.2. The van der Waals surface area contributed by atoms with E-state index in [9.17, 15) is 14.4 Å². The maximum absolute atomic E-state index is 13.3. The molecule has 0 aromatic heterocycles. The number of rotatable bonds is 3. The smallest absolute Gasteiger partial charge is 0.234 e. The number of Topliss-reactive ketones (excluding diaryl/α,β-unsaturated/α-hetero) is 2. The van der Waals surface area contributed by atoms with Gasteiger partial charge < -0.3 is 0 Å². The number of benzene rings is 2. The van der Waals surface area contributed by atoms with Crippen LogP contribution in [-0.2, 0) is 4.79 Å². The predicted molar refractivity (Wildman–Crippen MR) is 106 cm³/mol. The van der Waals surface area contributed by atoms with Gasteiger partial charge in [0.05, 0.1) is 5.54 Å². The van der Waals surface area contributed by atoms with Crippen molar-refractivity contribution in [2.45, 2.75) is 38.6 Å². The third-order valence-corrected chi connectivity index (χ3v) is 5.88. The third kappa shape index (κ3) is 2.94. The van der Waals surface area contributed by atoms with Crippen LogP contribution < -0.4 is 0 Å². The molecular weight excluding hydrogens is 338 g/mol. The standard InChI is InChI=1S/C23H23NO3/c1-23(2,24-12-4-3-5-13-24)22(27)17-9-7-15-6-8-16-10-11-19(25)21(26)20(16)18(15)14-17/h6-11,14H,3-5,12-13H2,1-2H3. The fraction of sp³-hybridized carbons (Fsp3) is 0.348. The lowest BCUT2D eigenvalue weighted by molar-refractivity contribution is -0.110. The monoisotopic (exact) mass is 361 g/mol. The highest BCUT2D eigenvalue weighted by Crippen LogP contribution is 2.30. The second-order valence-corrected chi connectivity index (χ2v) is 7.93. The first-order valence-electron chi connectivity index (χ1n) is 9.53. The van der Waals surface area contributed by atoms with E-state index in [1.807, 2.05) is 38.1 Å². The number of allylic oxidation sites excluding steroid dienone is 1. The van der Waals surface area contributed by atoms with E-state index in [1.165, 1.54) is 12.5 Å². The molecule has 0 unspecified atom stereocenters. The molecule has 0 spiro atoms. The van der Waals surface area contributed by atoms with Crippen molar-refractivity contribution < 1.29 is 14.4 Å². The molecule has 2 aliphatic rings. The van der Waals surface area contributed by atoms with E-state index in [1.54, 1.807) is 12.1 Å². The molecule has 0 saturated carbocycles. The van der Waals surface area contributed by atoms with Crippen LogP contribution in [-0.4, -0.2) is 40.9 Å². The van der Waals surface area contributed by atoms with E-state index < -0.39 is 17.1 Å². The van der Waals surface area contributed by atoms with Gasteiger partial charge in [0.2, 0.25) is 11.6 Å². The topological polar surface area (TPSA) is 54.5 Å². The Morgan fingerprint density at radius 2 is 1.67 bits per heavy atom. The van der Waals surface area contributed by atoms with Crippen molar-refractivity contribution >= 4 is 34.2 Å². The van der Waals surface area contributed by atoms with Crippen LogP contribution in [0.3, 0.4) is 0 Å². The number of piperidine rings is 1. The minimum absolute atomic E-state index is 0.0500. The molecule has 0 bridgehead atoms. The average molecular weight is 361 g/mol. The number of fused-ring (bicyclic) bond motifs is 3. The van der Waals surface area contributed by atoms with Crippen LogP contribution in [0.2, 0.25) is 0 Å². The van der Waals surface area contributed by atoms with Crippen LogP contribution in [0, 0.1) is 0 Å². The second-order valence-electron chi connectivity index (χ2n) is 7.93. The van der Waals surface area contributed by atoms with Crippen molar-refractivity contribution in [3.63, 3.8) is 0 Å². The molecule has 4 heteroatoms. The number of hydrogen-bond acceptors (Lipinski definition) is 4. The van der Waals surface area contributed by atoms with Crippen molar-refractivity contribution in [2.24, 2.45) is 0 Å². The van der Waals surface area contributed by atoms with Crippen LogP contribution >= 0.6 is 0 Å². The van der Waals surface area contributed by atoms with Crippen LogP contribution in [0.25, 0.3) is 16.8 Å². The van der Waals surface area contributed by atoms with E-state index >= 15 is 0 Å². The molecule has 27 heavy (non-hydrogen) atoms. The quantitative estimate of drug-likeness (QED) is 0.611. The summed E-state index contributed by atoms with van der Waals surface area (Å²) in [6.07, 6.45) is 6.43. The molecule has 2 aromatic rings. The van der Waals surface area contributed by atoms with Gasteiger partial charge in [0.1, 0.15) is 0 Å². The van der Waals surface area contributed by atoms with Crippen LogP contribution in [0.5, 0.6) is 0 Å². The number of carbonyl (C=O) groups excluding carboxylic acids is 3. The van der Waals surface area contributed by atoms with Gasteiger partial charge in [0.25, 0.3) is 0 Å². The Balaban J connectivity index is 1.79. The Morgan fingerprint density at radius 3 is 2.41 bits per heavy atom. The lowest BCUT2D eigenvalue weighted by atomic mass is 9.86. The molecule has 4 nitrogen and oxygen atoms in total. The first kappa shape index (κ1) is 17.8. The maximum atomic E-state index is 13.3. The predicted octanol–water partition coefficient (Wildman–Crippen LogP) is 4.07. The summed E-state index contributed by atoms with van der Waals surface area (Å²) in [4.78, 5) is 39.9. The maximum Gasteiger partial charge on any atom is 0.234 e. The summed E-state index contributed by atoms with van der Waals surface area (Å²) in [6.45, 7) is 5.81. The Labute approximate surface area is 158 Å². The molecule has 1 heterocycles. The lowest BCUT2D eigenvalue weighted by Crippen LogP contribution is -2.52. The summed E-state index contributed by atoms with van der Waals surface area (Å²) < 4.78 is 0. The molecule has 4 rings (SSSR count). The molecule has 1 fully saturated rings. The number of carbonyl (C=O) groups is 3. The Kier molecular flexibility index (Phi) is 4.31. The van der Waals surface area contributed by atoms with Gasteiger partial charge in [-0.25, -0.2) is 0 Å². The van der Waals surface area contributed by atoms with Gasteiger partial charge in [-0.15, -0.1) is 0 Å². The van der Waals surface area contributed by atoms with Gasteiger partial charge in [-0.2, -0.15) is 0 Å². The molecule has 1 saturated heterocycles. The second kappa shape index (κ2) is 6.54. The van der Waals surface area contributed by atoms with E-state index in [0.717, 1.165) is 36.9 Å². The summed E-state index contributed by atoms with van der Waals surface area (Å²) in [5, 5.41) is 1.54. The molecule has 2 aromatic carbocycles. The summed E-state index contributed by atoms with van der Waals surface area (Å²) in [7, 11) is 0. The fourth-order valence-corrected chi connectivity index (χ4v) is 4.18. The zero-order valence-electron chi connectivity index (χ0n) is 15.7. The SMILES string of the molecule is CC(C)(C(=O)c1ccc2ccc3c(c2c1)C(=O)C(=O)C=C3)N1CCCCC1. The van der Waals surface area contributed by atoms with Crippen molar-refractivity contribution in [1.82, 2.24) is 4.90 Å². The molecule has 0 atom stereocenters. The van der Waals surface area contributed by atoms with Gasteiger partial charge in [0.15, 0.2) is 5.78 Å². The van der Waals surface area contributed by atoms with Gasteiger partial charge in [-0.05, 0) is 68.3 Å². The number of likely N-dealkylation sites (tertiary alicyclic amines) is 1. The van der Waals surface area contributed by atoms with Crippen molar-refractivity contribution in [2.75, 3.05) is 13.1 Å². The largest absolute Gasteiger partial charge is 0.292 e. The Bertz CT molecular complexity index is 994. The Hall–Kier alpha value is -2.59. The molecule has 0 N–H and O–H groups in total. The molecule has 0 amide bonds. The van der Waals surface area contributed by atoms with E-state index in [0.29, 0.717) is 16.5 Å².